The average Bonchev–Trinajstić information content (AvgIpc) is 1.71. The van der Waals surface area contributed by atoms with Crippen LogP contribution in [-0.2, 0) is 0 Å². The van der Waals surface area contributed by atoms with Gasteiger partial charge in [-0.2, -0.15) is 5.26 Å². The first-order chi connectivity index (χ1) is 43.6. The molecule has 13 aromatic carbocycles. The number of hydrogen-bond acceptors (Lipinski definition) is 4. The highest BCUT2D eigenvalue weighted by Gasteiger charge is 2.28. The van der Waals surface area contributed by atoms with Crippen LogP contribution in [0.2, 0.25) is 0 Å². The quantitative estimate of drug-likeness (QED) is 0.161. The first-order valence-corrected chi connectivity index (χ1v) is 29.6. The summed E-state index contributed by atoms with van der Waals surface area (Å²) in [4.78, 5) is 0. The molecule has 408 valence electrons. The highest BCUT2D eigenvalue weighted by Crippen LogP contribution is 2.48. The second kappa shape index (κ2) is 18.2. The number of aromatic nitrogens is 4. The summed E-state index contributed by atoms with van der Waals surface area (Å²) in [6, 6.07) is 97.3. The maximum atomic E-state index is 11.7. The molecule has 19 aromatic rings. The molecular formula is C80H46N6O2. The fourth-order valence-corrected chi connectivity index (χ4v) is 14.7. The summed E-state index contributed by atoms with van der Waals surface area (Å²) >= 11 is 0. The van der Waals surface area contributed by atoms with Gasteiger partial charge in [0.2, 0.25) is 0 Å². The maximum Gasteiger partial charge on any atom is 0.145 e. The third-order valence-corrected chi connectivity index (χ3v) is 18.5. The first-order valence-electron chi connectivity index (χ1n) is 29.6. The standard InChI is InChI=1S/C80H46N6O2/c81-45-51-31-38-73(85-69-36-29-49(43-62(69)76-71(85)39-32-58-56-21-9-13-25-74(56)87-79(58)76)47-27-34-67-60(41-47)54-19-7-11-23-65(54)83(67)52-15-3-1-4-16-52)78(64(51)46-82)86-70-37-30-50(44-63(70)77-72(86)40-33-59-57-22-10-14-26-75(57)88-80(59)77)48-28-35-68-61(42-48)55-20-8-12-24-66(55)84(68)53-17-5-2-6-18-53/h1-45,81H. The molecule has 0 amide bonds. The Bertz CT molecular complexity index is 6280. The van der Waals surface area contributed by atoms with E-state index in [1.165, 1.54) is 22.4 Å². The summed E-state index contributed by atoms with van der Waals surface area (Å²) < 4.78 is 23.2. The Kier molecular flexibility index (Phi) is 9.95. The number of furan rings is 2. The van der Waals surface area contributed by atoms with Crippen molar-refractivity contribution in [1.29, 1.82) is 10.7 Å². The van der Waals surface area contributed by atoms with Gasteiger partial charge in [0.05, 0.1) is 71.8 Å². The van der Waals surface area contributed by atoms with Crippen molar-refractivity contribution < 1.29 is 8.83 Å². The molecule has 0 saturated carbocycles. The lowest BCUT2D eigenvalue weighted by Gasteiger charge is -2.19. The van der Waals surface area contributed by atoms with Crippen molar-refractivity contribution in [2.24, 2.45) is 0 Å². The first kappa shape index (κ1) is 48.2. The van der Waals surface area contributed by atoms with Crippen LogP contribution >= 0.6 is 0 Å². The van der Waals surface area contributed by atoms with E-state index in [1.807, 2.05) is 30.3 Å². The maximum absolute atomic E-state index is 11.7. The van der Waals surface area contributed by atoms with Crippen molar-refractivity contribution in [1.82, 2.24) is 18.3 Å². The molecule has 0 aliphatic rings. The minimum Gasteiger partial charge on any atom is -0.455 e. The van der Waals surface area contributed by atoms with Gasteiger partial charge in [0.25, 0.3) is 0 Å². The van der Waals surface area contributed by atoms with Crippen LogP contribution in [0.4, 0.5) is 0 Å². The lowest BCUT2D eigenvalue weighted by atomic mass is 10.00. The Morgan fingerprint density at radius 2 is 0.705 bits per heavy atom. The van der Waals surface area contributed by atoms with Crippen molar-refractivity contribution >= 4 is 137 Å². The monoisotopic (exact) mass is 1120 g/mol. The van der Waals surface area contributed by atoms with Crippen molar-refractivity contribution in [3.63, 3.8) is 0 Å². The molecular weight excluding hydrogens is 1080 g/mol. The van der Waals surface area contributed by atoms with Crippen molar-refractivity contribution in [3.8, 4) is 51.1 Å². The van der Waals surface area contributed by atoms with Gasteiger partial charge in [-0.25, -0.2) is 0 Å². The molecule has 0 fully saturated rings. The zero-order valence-corrected chi connectivity index (χ0v) is 47.0. The molecule has 0 bridgehead atoms. The highest BCUT2D eigenvalue weighted by molar-refractivity contribution is 6.27. The Balaban J connectivity index is 0.878. The number of para-hydroxylation sites is 6. The molecule has 8 nitrogen and oxygen atoms in total. The topological polar surface area (TPSA) is 93.6 Å². The van der Waals surface area contributed by atoms with E-state index in [1.54, 1.807) is 0 Å². The molecule has 1 N–H and O–H groups in total. The predicted octanol–water partition coefficient (Wildman–Crippen LogP) is 21.1. The van der Waals surface area contributed by atoms with Gasteiger partial charge in [-0.3, -0.25) is 0 Å². The van der Waals surface area contributed by atoms with Crippen molar-refractivity contribution in [2.45, 2.75) is 0 Å². The Morgan fingerprint density at radius 1 is 0.318 bits per heavy atom. The molecule has 0 spiro atoms. The van der Waals surface area contributed by atoms with Crippen LogP contribution in [0.15, 0.2) is 276 Å². The Labute approximate surface area is 501 Å². The molecule has 0 radical (unpaired) electrons. The molecule has 0 aliphatic heterocycles. The smallest absolute Gasteiger partial charge is 0.145 e. The van der Waals surface area contributed by atoms with E-state index < -0.39 is 0 Å². The second-order valence-electron chi connectivity index (χ2n) is 23.0. The van der Waals surface area contributed by atoms with Crippen LogP contribution in [0.25, 0.3) is 176 Å². The third-order valence-electron chi connectivity index (χ3n) is 18.5. The molecule has 0 saturated heterocycles. The Hall–Kier alpha value is -12.2. The van der Waals surface area contributed by atoms with Gasteiger partial charge in [-0.15, -0.1) is 0 Å². The summed E-state index contributed by atoms with van der Waals surface area (Å²) in [6.07, 6.45) is 1.30. The van der Waals surface area contributed by atoms with Crippen LogP contribution in [0.1, 0.15) is 11.1 Å². The summed E-state index contributed by atoms with van der Waals surface area (Å²) in [6.45, 7) is 0. The SMILES string of the molecule is N#Cc1c(C=N)ccc(-n2c3ccc(-c4ccc5c(c4)c4ccccc4n5-c4ccccc4)cc3c3c4oc5ccccc5c4ccc32)c1-n1c2ccc(-c3ccc4c(c3)c3ccccc3n4-c3ccccc3)cc2c2c3oc4ccccc4c3ccc21. The lowest BCUT2D eigenvalue weighted by molar-refractivity contribution is 0.672. The molecule has 8 heteroatoms. The second-order valence-corrected chi connectivity index (χ2v) is 23.0. The van der Waals surface area contributed by atoms with Crippen LogP contribution in [0.3, 0.4) is 0 Å². The summed E-state index contributed by atoms with van der Waals surface area (Å²) in [5.41, 5.74) is 20.1. The van der Waals surface area contributed by atoms with E-state index in [-0.39, 0.29) is 0 Å². The normalized spacial score (nSPS) is 12.1. The molecule has 19 rings (SSSR count). The van der Waals surface area contributed by atoms with E-state index in [4.69, 9.17) is 14.2 Å². The van der Waals surface area contributed by atoms with Gasteiger partial charge in [-0.1, -0.05) is 133 Å². The van der Waals surface area contributed by atoms with E-state index in [2.05, 4.69) is 261 Å². The van der Waals surface area contributed by atoms with Gasteiger partial charge in [0, 0.05) is 77.0 Å². The zero-order chi connectivity index (χ0) is 57.9. The van der Waals surface area contributed by atoms with Gasteiger partial charge in [0.15, 0.2) is 0 Å². The van der Waals surface area contributed by atoms with E-state index >= 15 is 0 Å². The van der Waals surface area contributed by atoms with Gasteiger partial charge < -0.3 is 32.5 Å². The van der Waals surface area contributed by atoms with Gasteiger partial charge in [0.1, 0.15) is 28.4 Å². The summed E-state index contributed by atoms with van der Waals surface area (Å²) in [7, 11) is 0. The van der Waals surface area contributed by atoms with Crippen molar-refractivity contribution in [2.75, 3.05) is 0 Å². The van der Waals surface area contributed by atoms with Gasteiger partial charge in [-0.05, 0) is 156 Å². The van der Waals surface area contributed by atoms with Gasteiger partial charge >= 0.3 is 0 Å². The number of nitrogens with zero attached hydrogens (tertiary/aromatic N) is 5. The largest absolute Gasteiger partial charge is 0.455 e. The van der Waals surface area contributed by atoms with E-state index in [0.29, 0.717) is 16.8 Å². The fraction of sp³-hybridized carbons (Fsp3) is 0. The van der Waals surface area contributed by atoms with Crippen molar-refractivity contribution in [3.05, 3.63) is 278 Å². The van der Waals surface area contributed by atoms with E-state index in [0.717, 1.165) is 154 Å². The van der Waals surface area contributed by atoms with E-state index in [9.17, 15) is 5.26 Å². The fourth-order valence-electron chi connectivity index (χ4n) is 14.7. The predicted molar refractivity (Wildman–Crippen MR) is 362 cm³/mol. The number of rotatable bonds is 7. The Morgan fingerprint density at radius 3 is 1.18 bits per heavy atom. The third kappa shape index (κ3) is 6.64. The van der Waals surface area contributed by atoms with Crippen LogP contribution in [0.5, 0.6) is 0 Å². The number of nitrogens with one attached hydrogen (secondary N) is 1. The highest BCUT2D eigenvalue weighted by atomic mass is 16.3. The molecule has 0 aliphatic carbocycles. The molecule has 0 atom stereocenters. The summed E-state index contributed by atoms with van der Waals surface area (Å²) in [5.74, 6) is 0. The van der Waals surface area contributed by atoms with Crippen LogP contribution < -0.4 is 0 Å². The molecule has 0 unspecified atom stereocenters. The number of hydrogen-bond donors (Lipinski definition) is 1. The number of nitriles is 1. The van der Waals surface area contributed by atoms with Crippen LogP contribution in [-0.4, -0.2) is 24.5 Å². The number of benzene rings is 13. The zero-order valence-electron chi connectivity index (χ0n) is 47.0. The average molecular weight is 1120 g/mol. The summed E-state index contributed by atoms with van der Waals surface area (Å²) in [5, 5.41) is 33.2. The number of fused-ring (bicyclic) bond motifs is 20. The van der Waals surface area contributed by atoms with Crippen LogP contribution in [0, 0.1) is 16.7 Å². The minimum absolute atomic E-state index is 0.375. The molecule has 88 heavy (non-hydrogen) atoms. The minimum atomic E-state index is 0.375. The molecule has 6 heterocycles. The lowest BCUT2D eigenvalue weighted by Crippen LogP contribution is -2.08. The molecule has 6 aromatic heterocycles.